The molecule has 1 N–H and O–H groups in total. The molecular formula is C19H20N4O. The van der Waals surface area contributed by atoms with Crippen LogP contribution in [0.4, 0.5) is 0 Å². The predicted molar refractivity (Wildman–Crippen MR) is 92.6 cm³/mol. The van der Waals surface area contributed by atoms with E-state index in [1.807, 2.05) is 41.2 Å². The number of benzene rings is 1. The molecule has 1 aliphatic rings. The average Bonchev–Trinajstić information content (AvgIpc) is 3.30. The lowest BCUT2D eigenvalue weighted by atomic mass is 10.1. The molecule has 1 amide bonds. The molecule has 0 atom stereocenters. The minimum Gasteiger partial charge on any atom is -0.346 e. The average molecular weight is 320 g/mol. The Bertz CT molecular complexity index is 859. The van der Waals surface area contributed by atoms with Gasteiger partial charge in [0.1, 0.15) is 5.69 Å². The zero-order valence-electron chi connectivity index (χ0n) is 13.5. The lowest BCUT2D eigenvalue weighted by Gasteiger charge is -2.09. The summed E-state index contributed by atoms with van der Waals surface area (Å²) in [6.07, 6.45) is 8.51. The van der Waals surface area contributed by atoms with Crippen LogP contribution in [0.25, 0.3) is 10.9 Å². The van der Waals surface area contributed by atoms with E-state index in [9.17, 15) is 4.79 Å². The summed E-state index contributed by atoms with van der Waals surface area (Å²) in [4.78, 5) is 16.8. The van der Waals surface area contributed by atoms with Crippen molar-refractivity contribution >= 4 is 16.8 Å². The van der Waals surface area contributed by atoms with E-state index < -0.39 is 0 Å². The molecule has 0 spiro atoms. The maximum absolute atomic E-state index is 12.4. The fourth-order valence-corrected chi connectivity index (χ4v) is 3.41. The van der Waals surface area contributed by atoms with Gasteiger partial charge in [0.15, 0.2) is 0 Å². The number of amides is 1. The standard InChI is InChI=1S/C19H20N4O/c24-19(17-10-12-23(22-17)16-8-1-2-9-16)21-13-15-6-3-5-14-7-4-11-20-18(14)15/h3-7,10-12,16H,1-2,8-9,13H2,(H,21,24). The lowest BCUT2D eigenvalue weighted by Crippen LogP contribution is -2.24. The van der Waals surface area contributed by atoms with E-state index in [0.29, 0.717) is 18.3 Å². The van der Waals surface area contributed by atoms with Crippen LogP contribution in [0, 0.1) is 0 Å². The molecule has 2 heterocycles. The molecule has 5 heteroatoms. The molecule has 0 aliphatic heterocycles. The summed E-state index contributed by atoms with van der Waals surface area (Å²) in [6, 6.07) is 12.2. The Balaban J connectivity index is 1.46. The van der Waals surface area contributed by atoms with Crippen LogP contribution < -0.4 is 5.32 Å². The number of pyridine rings is 1. The van der Waals surface area contributed by atoms with Gasteiger partial charge in [0.05, 0.1) is 11.6 Å². The van der Waals surface area contributed by atoms with Gasteiger partial charge in [0.2, 0.25) is 0 Å². The highest BCUT2D eigenvalue weighted by molar-refractivity contribution is 5.92. The highest BCUT2D eigenvalue weighted by atomic mass is 16.1. The third-order valence-electron chi connectivity index (χ3n) is 4.70. The summed E-state index contributed by atoms with van der Waals surface area (Å²) in [6.45, 7) is 0.448. The number of hydrogen-bond donors (Lipinski definition) is 1. The minimum atomic E-state index is -0.139. The van der Waals surface area contributed by atoms with Crippen molar-refractivity contribution in [3.8, 4) is 0 Å². The van der Waals surface area contributed by atoms with Gasteiger partial charge in [-0.05, 0) is 30.5 Å². The van der Waals surface area contributed by atoms with Gasteiger partial charge in [0, 0.05) is 24.3 Å². The summed E-state index contributed by atoms with van der Waals surface area (Å²) in [5.74, 6) is -0.139. The molecule has 0 radical (unpaired) electrons. The first-order chi connectivity index (χ1) is 11.8. The van der Waals surface area contributed by atoms with Crippen LogP contribution in [0.5, 0.6) is 0 Å². The number of carbonyl (C=O) groups excluding carboxylic acids is 1. The van der Waals surface area contributed by atoms with E-state index in [1.165, 1.54) is 12.8 Å². The van der Waals surface area contributed by atoms with Gasteiger partial charge >= 0.3 is 0 Å². The Morgan fingerprint density at radius 1 is 1.17 bits per heavy atom. The molecule has 1 fully saturated rings. The Hall–Kier alpha value is -2.69. The maximum Gasteiger partial charge on any atom is 0.272 e. The molecule has 0 saturated heterocycles. The van der Waals surface area contributed by atoms with Crippen LogP contribution in [-0.4, -0.2) is 20.7 Å². The molecular weight excluding hydrogens is 300 g/mol. The molecule has 1 aromatic carbocycles. The number of hydrogen-bond acceptors (Lipinski definition) is 3. The monoisotopic (exact) mass is 320 g/mol. The highest BCUT2D eigenvalue weighted by Crippen LogP contribution is 2.28. The first-order valence-corrected chi connectivity index (χ1v) is 8.47. The number of para-hydroxylation sites is 1. The van der Waals surface area contributed by atoms with Gasteiger partial charge in [-0.3, -0.25) is 14.5 Å². The number of carbonyl (C=O) groups is 1. The SMILES string of the molecule is O=C(NCc1cccc2cccnc12)c1ccn(C2CCCC2)n1. The summed E-state index contributed by atoms with van der Waals surface area (Å²) in [5.41, 5.74) is 2.42. The largest absolute Gasteiger partial charge is 0.346 e. The maximum atomic E-state index is 12.4. The second-order valence-corrected chi connectivity index (χ2v) is 6.29. The number of rotatable bonds is 4. The van der Waals surface area contributed by atoms with E-state index in [0.717, 1.165) is 29.3 Å². The molecule has 0 unspecified atom stereocenters. The highest BCUT2D eigenvalue weighted by Gasteiger charge is 2.19. The van der Waals surface area contributed by atoms with Crippen molar-refractivity contribution in [2.75, 3.05) is 0 Å². The summed E-state index contributed by atoms with van der Waals surface area (Å²) in [5, 5.41) is 8.49. The Morgan fingerprint density at radius 2 is 2.00 bits per heavy atom. The first-order valence-electron chi connectivity index (χ1n) is 8.47. The van der Waals surface area contributed by atoms with Gasteiger partial charge in [-0.2, -0.15) is 5.10 Å². The second-order valence-electron chi connectivity index (χ2n) is 6.29. The molecule has 1 aliphatic carbocycles. The Kier molecular flexibility index (Phi) is 3.99. The summed E-state index contributed by atoms with van der Waals surface area (Å²) >= 11 is 0. The van der Waals surface area contributed by atoms with Gasteiger partial charge in [0.25, 0.3) is 5.91 Å². The third kappa shape index (κ3) is 2.89. The van der Waals surface area contributed by atoms with Crippen LogP contribution in [-0.2, 0) is 6.54 Å². The van der Waals surface area contributed by atoms with Crippen LogP contribution in [0.15, 0.2) is 48.8 Å². The van der Waals surface area contributed by atoms with E-state index >= 15 is 0 Å². The predicted octanol–water partition coefficient (Wildman–Crippen LogP) is 3.48. The van der Waals surface area contributed by atoms with Crippen molar-refractivity contribution in [2.45, 2.75) is 38.3 Å². The number of nitrogens with one attached hydrogen (secondary N) is 1. The fourth-order valence-electron chi connectivity index (χ4n) is 3.41. The van der Waals surface area contributed by atoms with Gasteiger partial charge < -0.3 is 5.32 Å². The fraction of sp³-hybridized carbons (Fsp3) is 0.316. The van der Waals surface area contributed by atoms with Gasteiger partial charge in [-0.25, -0.2) is 0 Å². The van der Waals surface area contributed by atoms with Gasteiger partial charge in [-0.1, -0.05) is 37.1 Å². The topological polar surface area (TPSA) is 59.8 Å². The molecule has 1 saturated carbocycles. The quantitative estimate of drug-likeness (QED) is 0.800. The number of nitrogens with zero attached hydrogens (tertiary/aromatic N) is 3. The number of aromatic nitrogens is 3. The normalized spacial score (nSPS) is 15.0. The van der Waals surface area contributed by atoms with Crippen molar-refractivity contribution < 1.29 is 4.79 Å². The zero-order valence-corrected chi connectivity index (χ0v) is 13.5. The van der Waals surface area contributed by atoms with Gasteiger partial charge in [-0.15, -0.1) is 0 Å². The van der Waals surface area contributed by atoms with Crippen LogP contribution in [0.2, 0.25) is 0 Å². The molecule has 3 aromatic rings. The van der Waals surface area contributed by atoms with Crippen molar-refractivity contribution in [1.82, 2.24) is 20.1 Å². The Labute approximate surface area is 140 Å². The van der Waals surface area contributed by atoms with Crippen LogP contribution in [0.3, 0.4) is 0 Å². The van der Waals surface area contributed by atoms with Crippen LogP contribution in [0.1, 0.15) is 47.8 Å². The van der Waals surface area contributed by atoms with Crippen molar-refractivity contribution in [2.24, 2.45) is 0 Å². The molecule has 2 aromatic heterocycles. The minimum absolute atomic E-state index is 0.139. The smallest absolute Gasteiger partial charge is 0.272 e. The zero-order chi connectivity index (χ0) is 16.4. The summed E-state index contributed by atoms with van der Waals surface area (Å²) in [7, 11) is 0. The van der Waals surface area contributed by atoms with E-state index in [1.54, 1.807) is 12.3 Å². The van der Waals surface area contributed by atoms with E-state index in [-0.39, 0.29) is 5.91 Å². The lowest BCUT2D eigenvalue weighted by molar-refractivity contribution is 0.0945. The molecule has 122 valence electrons. The van der Waals surface area contributed by atoms with Crippen molar-refractivity contribution in [3.05, 3.63) is 60.0 Å². The van der Waals surface area contributed by atoms with Crippen molar-refractivity contribution in [3.63, 3.8) is 0 Å². The molecule has 0 bridgehead atoms. The summed E-state index contributed by atoms with van der Waals surface area (Å²) < 4.78 is 1.95. The second kappa shape index (κ2) is 6.43. The number of fused-ring (bicyclic) bond motifs is 1. The van der Waals surface area contributed by atoms with E-state index in [2.05, 4.69) is 15.4 Å². The third-order valence-corrected chi connectivity index (χ3v) is 4.70. The van der Waals surface area contributed by atoms with E-state index in [4.69, 9.17) is 0 Å². The molecule has 5 nitrogen and oxygen atoms in total. The Morgan fingerprint density at radius 3 is 2.88 bits per heavy atom. The molecule has 24 heavy (non-hydrogen) atoms. The van der Waals surface area contributed by atoms with Crippen molar-refractivity contribution in [1.29, 1.82) is 0 Å². The molecule has 4 rings (SSSR count). The van der Waals surface area contributed by atoms with Crippen LogP contribution >= 0.6 is 0 Å². The first kappa shape index (κ1) is 14.9.